The van der Waals surface area contributed by atoms with Gasteiger partial charge >= 0.3 is 12.1 Å². The topological polar surface area (TPSA) is 72.5 Å². The molecule has 1 atom stereocenters. The summed E-state index contributed by atoms with van der Waals surface area (Å²) in [5.41, 5.74) is 5.02. The first kappa shape index (κ1) is 15.3. The predicted octanol–water partition coefficient (Wildman–Crippen LogP) is 2.06. The Kier molecular flexibility index (Phi) is 4.77. The maximum atomic E-state index is 12.5. The van der Waals surface area contributed by atoms with Crippen molar-refractivity contribution in [2.45, 2.75) is 25.1 Å². The number of hydrogen-bond donors (Lipinski definition) is 2. The fourth-order valence-corrected chi connectivity index (χ4v) is 1.56. The summed E-state index contributed by atoms with van der Waals surface area (Å²) < 4.78 is 42.4. The van der Waals surface area contributed by atoms with Crippen molar-refractivity contribution in [3.8, 4) is 5.75 Å². The lowest BCUT2D eigenvalue weighted by Crippen LogP contribution is -2.30. The number of rotatable bonds is 5. The van der Waals surface area contributed by atoms with Gasteiger partial charge in [0.25, 0.3) is 0 Å². The number of carbonyl (C=O) groups is 1. The van der Waals surface area contributed by atoms with Gasteiger partial charge in [-0.3, -0.25) is 4.79 Å². The van der Waals surface area contributed by atoms with Crippen LogP contribution in [0.5, 0.6) is 5.75 Å². The lowest BCUT2D eigenvalue weighted by atomic mass is 10.0. The van der Waals surface area contributed by atoms with E-state index in [1.54, 1.807) is 0 Å². The van der Waals surface area contributed by atoms with Crippen molar-refractivity contribution < 1.29 is 27.8 Å². The number of carboxylic acids is 1. The highest BCUT2D eigenvalue weighted by atomic mass is 19.4. The van der Waals surface area contributed by atoms with Crippen LogP contribution in [0.4, 0.5) is 13.2 Å². The van der Waals surface area contributed by atoms with Crippen molar-refractivity contribution in [1.29, 1.82) is 0 Å². The maximum absolute atomic E-state index is 12.5. The molecule has 7 heteroatoms. The summed E-state index contributed by atoms with van der Waals surface area (Å²) in [7, 11) is 1.26. The van der Waals surface area contributed by atoms with Gasteiger partial charge in [0.15, 0.2) is 0 Å². The van der Waals surface area contributed by atoms with Gasteiger partial charge in [0.1, 0.15) is 11.8 Å². The number of hydrogen-bond acceptors (Lipinski definition) is 3. The number of aryl methyl sites for hydroxylation is 1. The lowest BCUT2D eigenvalue weighted by molar-refractivity contribution is -0.139. The molecule has 0 heterocycles. The predicted molar refractivity (Wildman–Crippen MR) is 61.9 cm³/mol. The van der Waals surface area contributed by atoms with Crippen molar-refractivity contribution in [1.82, 2.24) is 0 Å². The Morgan fingerprint density at radius 3 is 2.58 bits per heavy atom. The van der Waals surface area contributed by atoms with Gasteiger partial charge in [-0.05, 0) is 30.5 Å². The van der Waals surface area contributed by atoms with Gasteiger partial charge in [0.2, 0.25) is 0 Å². The molecule has 0 bridgehead atoms. The van der Waals surface area contributed by atoms with Crippen molar-refractivity contribution in [2.75, 3.05) is 7.11 Å². The molecule has 0 aliphatic carbocycles. The molecule has 0 aliphatic rings. The first-order valence-corrected chi connectivity index (χ1v) is 5.48. The van der Waals surface area contributed by atoms with Gasteiger partial charge in [0.05, 0.1) is 12.7 Å². The molecule has 0 aromatic heterocycles. The molecule has 4 nitrogen and oxygen atoms in total. The number of aliphatic carboxylic acids is 1. The third kappa shape index (κ3) is 4.13. The minimum absolute atomic E-state index is 0.0763. The van der Waals surface area contributed by atoms with E-state index < -0.39 is 23.8 Å². The minimum Gasteiger partial charge on any atom is -0.496 e. The summed E-state index contributed by atoms with van der Waals surface area (Å²) >= 11 is 0. The van der Waals surface area contributed by atoms with E-state index in [2.05, 4.69) is 0 Å². The molecule has 0 amide bonds. The number of benzene rings is 1. The first-order chi connectivity index (χ1) is 8.75. The first-order valence-electron chi connectivity index (χ1n) is 5.48. The van der Waals surface area contributed by atoms with Gasteiger partial charge in [-0.1, -0.05) is 6.07 Å². The number of ether oxygens (including phenoxy) is 1. The van der Waals surface area contributed by atoms with Gasteiger partial charge in [-0.2, -0.15) is 13.2 Å². The van der Waals surface area contributed by atoms with Crippen LogP contribution in [-0.4, -0.2) is 24.2 Å². The van der Waals surface area contributed by atoms with E-state index in [9.17, 15) is 18.0 Å². The second kappa shape index (κ2) is 5.92. The zero-order valence-corrected chi connectivity index (χ0v) is 10.2. The summed E-state index contributed by atoms with van der Waals surface area (Å²) in [4.78, 5) is 10.6. The van der Waals surface area contributed by atoms with Gasteiger partial charge in [-0.25, -0.2) is 0 Å². The Balaban J connectivity index is 2.88. The van der Waals surface area contributed by atoms with Crippen LogP contribution in [0, 0.1) is 0 Å². The van der Waals surface area contributed by atoms with Crippen LogP contribution in [0.15, 0.2) is 18.2 Å². The quantitative estimate of drug-likeness (QED) is 0.864. The van der Waals surface area contributed by atoms with Crippen LogP contribution in [0.3, 0.4) is 0 Å². The minimum atomic E-state index is -4.44. The van der Waals surface area contributed by atoms with Gasteiger partial charge in [0, 0.05) is 0 Å². The van der Waals surface area contributed by atoms with E-state index in [1.165, 1.54) is 13.2 Å². The third-order valence-electron chi connectivity index (χ3n) is 2.66. The zero-order valence-electron chi connectivity index (χ0n) is 10.2. The SMILES string of the molecule is COc1cc(C(F)(F)F)ccc1CC[C@H](N)C(=O)O. The van der Waals surface area contributed by atoms with Crippen molar-refractivity contribution in [3.05, 3.63) is 29.3 Å². The monoisotopic (exact) mass is 277 g/mol. The molecule has 0 aliphatic heterocycles. The second-order valence-electron chi connectivity index (χ2n) is 4.01. The Labute approximate surface area is 108 Å². The van der Waals surface area contributed by atoms with Crippen molar-refractivity contribution in [3.63, 3.8) is 0 Å². The molecule has 1 aromatic carbocycles. The fraction of sp³-hybridized carbons (Fsp3) is 0.417. The molecular formula is C12H14F3NO3. The van der Waals surface area contributed by atoms with E-state index in [0.717, 1.165) is 12.1 Å². The smallest absolute Gasteiger partial charge is 0.416 e. The highest BCUT2D eigenvalue weighted by Crippen LogP contribution is 2.33. The molecule has 19 heavy (non-hydrogen) atoms. The van der Waals surface area contributed by atoms with Crippen LogP contribution in [-0.2, 0) is 17.4 Å². The Bertz CT molecular complexity index is 460. The molecule has 0 saturated carbocycles. The second-order valence-corrected chi connectivity index (χ2v) is 4.01. The normalized spacial score (nSPS) is 13.1. The van der Waals surface area contributed by atoms with Crippen LogP contribution in [0.2, 0.25) is 0 Å². The molecule has 0 radical (unpaired) electrons. The lowest BCUT2D eigenvalue weighted by Gasteiger charge is -2.13. The molecule has 106 valence electrons. The van der Waals surface area contributed by atoms with Crippen LogP contribution < -0.4 is 10.5 Å². The van der Waals surface area contributed by atoms with Crippen LogP contribution in [0.1, 0.15) is 17.5 Å². The number of methoxy groups -OCH3 is 1. The Hall–Kier alpha value is -1.76. The maximum Gasteiger partial charge on any atom is 0.416 e. The molecule has 1 aromatic rings. The van der Waals surface area contributed by atoms with E-state index in [-0.39, 0.29) is 18.6 Å². The van der Waals surface area contributed by atoms with Crippen molar-refractivity contribution in [2.24, 2.45) is 5.73 Å². The van der Waals surface area contributed by atoms with Crippen LogP contribution >= 0.6 is 0 Å². The molecule has 0 spiro atoms. The number of carboxylic acid groups (broad SMARTS) is 1. The van der Waals surface area contributed by atoms with E-state index in [4.69, 9.17) is 15.6 Å². The van der Waals surface area contributed by atoms with Gasteiger partial charge in [-0.15, -0.1) is 0 Å². The number of halogens is 3. The average molecular weight is 277 g/mol. The standard InChI is InChI=1S/C12H14F3NO3/c1-19-10-6-8(12(13,14)15)4-2-7(10)3-5-9(16)11(17)18/h2,4,6,9H,3,5,16H2,1H3,(H,17,18)/t9-/m0/s1. The molecule has 0 unspecified atom stereocenters. The molecule has 3 N–H and O–H groups in total. The highest BCUT2D eigenvalue weighted by molar-refractivity contribution is 5.73. The highest BCUT2D eigenvalue weighted by Gasteiger charge is 2.31. The third-order valence-corrected chi connectivity index (χ3v) is 2.66. The summed E-state index contributed by atoms with van der Waals surface area (Å²) in [5.74, 6) is -1.07. The van der Waals surface area contributed by atoms with Crippen LogP contribution in [0.25, 0.3) is 0 Å². The van der Waals surface area contributed by atoms with Crippen molar-refractivity contribution >= 4 is 5.97 Å². The largest absolute Gasteiger partial charge is 0.496 e. The fourth-order valence-electron chi connectivity index (χ4n) is 1.56. The summed E-state index contributed by atoms with van der Waals surface area (Å²) in [5, 5.41) is 8.63. The Morgan fingerprint density at radius 1 is 1.47 bits per heavy atom. The molecule has 0 saturated heterocycles. The van der Waals surface area contributed by atoms with E-state index in [1.807, 2.05) is 0 Å². The Morgan fingerprint density at radius 2 is 2.11 bits per heavy atom. The van der Waals surface area contributed by atoms with E-state index in [0.29, 0.717) is 5.56 Å². The van der Waals surface area contributed by atoms with E-state index >= 15 is 0 Å². The summed E-state index contributed by atoms with van der Waals surface area (Å²) in [6.07, 6.45) is -4.09. The number of alkyl halides is 3. The summed E-state index contributed by atoms with van der Waals surface area (Å²) in [6, 6.07) is 2.05. The summed E-state index contributed by atoms with van der Waals surface area (Å²) in [6.45, 7) is 0. The zero-order chi connectivity index (χ0) is 14.6. The molecule has 1 rings (SSSR count). The van der Waals surface area contributed by atoms with Gasteiger partial charge < -0.3 is 15.6 Å². The average Bonchev–Trinajstić information content (AvgIpc) is 2.34. The molecular weight excluding hydrogens is 263 g/mol. The molecule has 0 fully saturated rings. The number of nitrogens with two attached hydrogens (primary N) is 1.